The van der Waals surface area contributed by atoms with Gasteiger partial charge in [0.1, 0.15) is 0 Å². The lowest BCUT2D eigenvalue weighted by atomic mass is 9.69. The molecule has 1 fully saturated rings. The molecule has 0 spiro atoms. The third-order valence-electron chi connectivity index (χ3n) is 3.94. The Bertz CT molecular complexity index is 197. The first kappa shape index (κ1) is 14.0. The fraction of sp³-hybridized carbons (Fsp3) is 1.00. The van der Waals surface area contributed by atoms with Gasteiger partial charge in [-0.3, -0.25) is 0 Å². The molecule has 0 heterocycles. The Hall–Kier alpha value is -0.0800. The van der Waals surface area contributed by atoms with E-state index in [-0.39, 0.29) is 0 Å². The molecule has 3 atom stereocenters. The van der Waals surface area contributed by atoms with Crippen LogP contribution in [0.4, 0.5) is 0 Å². The lowest BCUT2D eigenvalue weighted by Gasteiger charge is -2.42. The van der Waals surface area contributed by atoms with Crippen molar-refractivity contribution in [1.82, 2.24) is 5.32 Å². The molecule has 1 rings (SSSR count). The summed E-state index contributed by atoms with van der Waals surface area (Å²) in [6.07, 6.45) is 6.27. The number of hydrogen-bond donors (Lipinski definition) is 2. The predicted molar refractivity (Wildman–Crippen MR) is 69.5 cm³/mol. The monoisotopic (exact) mass is 227 g/mol. The first-order valence-electron chi connectivity index (χ1n) is 6.82. The van der Waals surface area contributed by atoms with Crippen LogP contribution in [0.1, 0.15) is 59.8 Å². The fourth-order valence-corrected chi connectivity index (χ4v) is 3.01. The molecule has 2 heteroatoms. The molecule has 2 N–H and O–H groups in total. The Morgan fingerprint density at radius 2 is 1.88 bits per heavy atom. The Morgan fingerprint density at radius 3 is 2.44 bits per heavy atom. The van der Waals surface area contributed by atoms with Crippen molar-refractivity contribution in [2.75, 3.05) is 6.61 Å². The van der Waals surface area contributed by atoms with E-state index in [0.29, 0.717) is 24.1 Å². The molecule has 0 amide bonds. The average Bonchev–Trinajstić information content (AvgIpc) is 2.17. The lowest BCUT2D eigenvalue weighted by Crippen LogP contribution is -2.47. The standard InChI is InChI=1S/C14H29NO/c1-11(9-10-16)15-13-8-6-5-7-12(13)14(2,3)4/h11-13,15-16H,5-10H2,1-4H3. The van der Waals surface area contributed by atoms with Gasteiger partial charge in [0.25, 0.3) is 0 Å². The van der Waals surface area contributed by atoms with E-state index in [9.17, 15) is 0 Å². The summed E-state index contributed by atoms with van der Waals surface area (Å²) in [7, 11) is 0. The van der Waals surface area contributed by atoms with Crippen LogP contribution >= 0.6 is 0 Å². The summed E-state index contributed by atoms with van der Waals surface area (Å²) in [5.41, 5.74) is 0.400. The zero-order valence-corrected chi connectivity index (χ0v) is 11.4. The molecule has 1 saturated carbocycles. The first-order chi connectivity index (χ1) is 7.45. The van der Waals surface area contributed by atoms with Crippen molar-refractivity contribution in [3.05, 3.63) is 0 Å². The summed E-state index contributed by atoms with van der Waals surface area (Å²) < 4.78 is 0. The third kappa shape index (κ3) is 4.06. The topological polar surface area (TPSA) is 32.3 Å². The molecule has 3 unspecified atom stereocenters. The third-order valence-corrected chi connectivity index (χ3v) is 3.94. The largest absolute Gasteiger partial charge is 0.396 e. The van der Waals surface area contributed by atoms with Gasteiger partial charge in [-0.15, -0.1) is 0 Å². The molecule has 2 nitrogen and oxygen atoms in total. The molecule has 16 heavy (non-hydrogen) atoms. The average molecular weight is 227 g/mol. The number of rotatable bonds is 4. The summed E-state index contributed by atoms with van der Waals surface area (Å²) in [6.45, 7) is 9.54. The van der Waals surface area contributed by atoms with Gasteiger partial charge >= 0.3 is 0 Å². The SMILES string of the molecule is CC(CCO)NC1CCCCC1C(C)(C)C. The van der Waals surface area contributed by atoms with Crippen LogP contribution in [0.3, 0.4) is 0 Å². The Balaban J connectivity index is 2.53. The van der Waals surface area contributed by atoms with Gasteiger partial charge in [0, 0.05) is 18.7 Å². The van der Waals surface area contributed by atoms with Gasteiger partial charge in [0.05, 0.1) is 0 Å². The minimum atomic E-state index is 0.293. The van der Waals surface area contributed by atoms with Crippen LogP contribution in [0, 0.1) is 11.3 Å². The second kappa shape index (κ2) is 6.02. The minimum Gasteiger partial charge on any atom is -0.396 e. The van der Waals surface area contributed by atoms with Crippen molar-refractivity contribution < 1.29 is 5.11 Å². The smallest absolute Gasteiger partial charge is 0.0445 e. The number of aliphatic hydroxyl groups excluding tert-OH is 1. The number of aliphatic hydroxyl groups is 1. The quantitative estimate of drug-likeness (QED) is 0.774. The molecular weight excluding hydrogens is 198 g/mol. The minimum absolute atomic E-state index is 0.293. The maximum Gasteiger partial charge on any atom is 0.0445 e. The van der Waals surface area contributed by atoms with Crippen molar-refractivity contribution in [1.29, 1.82) is 0 Å². The number of hydrogen-bond acceptors (Lipinski definition) is 2. The van der Waals surface area contributed by atoms with E-state index < -0.39 is 0 Å². The van der Waals surface area contributed by atoms with Gasteiger partial charge in [-0.1, -0.05) is 33.6 Å². The van der Waals surface area contributed by atoms with Crippen molar-refractivity contribution in [2.24, 2.45) is 11.3 Å². The van der Waals surface area contributed by atoms with Gasteiger partial charge in [-0.2, -0.15) is 0 Å². The highest BCUT2D eigenvalue weighted by Crippen LogP contribution is 2.38. The molecule has 0 aromatic carbocycles. The van der Waals surface area contributed by atoms with E-state index in [0.717, 1.165) is 12.3 Å². The molecule has 1 aliphatic rings. The van der Waals surface area contributed by atoms with Gasteiger partial charge < -0.3 is 10.4 Å². The van der Waals surface area contributed by atoms with Crippen molar-refractivity contribution in [3.63, 3.8) is 0 Å². The molecule has 0 saturated heterocycles. The van der Waals surface area contributed by atoms with Crippen molar-refractivity contribution >= 4 is 0 Å². The second-order valence-corrected chi connectivity index (χ2v) is 6.44. The van der Waals surface area contributed by atoms with E-state index in [4.69, 9.17) is 5.11 Å². The number of nitrogens with one attached hydrogen (secondary N) is 1. The maximum atomic E-state index is 8.95. The zero-order valence-electron chi connectivity index (χ0n) is 11.4. The van der Waals surface area contributed by atoms with Crippen molar-refractivity contribution in [3.8, 4) is 0 Å². The molecule has 1 aliphatic carbocycles. The van der Waals surface area contributed by atoms with E-state index in [2.05, 4.69) is 33.0 Å². The Morgan fingerprint density at radius 1 is 1.25 bits per heavy atom. The summed E-state index contributed by atoms with van der Waals surface area (Å²) in [5, 5.41) is 12.7. The van der Waals surface area contributed by atoms with Crippen molar-refractivity contribution in [2.45, 2.75) is 71.9 Å². The molecule has 0 aliphatic heterocycles. The highest BCUT2D eigenvalue weighted by molar-refractivity contribution is 4.89. The van der Waals surface area contributed by atoms with Crippen LogP contribution in [0.5, 0.6) is 0 Å². The molecular formula is C14H29NO. The van der Waals surface area contributed by atoms with Gasteiger partial charge in [-0.05, 0) is 37.5 Å². The second-order valence-electron chi connectivity index (χ2n) is 6.44. The maximum absolute atomic E-state index is 8.95. The van der Waals surface area contributed by atoms with Gasteiger partial charge in [0.2, 0.25) is 0 Å². The summed E-state index contributed by atoms with van der Waals surface area (Å²) in [5.74, 6) is 0.780. The summed E-state index contributed by atoms with van der Waals surface area (Å²) in [4.78, 5) is 0. The van der Waals surface area contributed by atoms with E-state index in [1.54, 1.807) is 0 Å². The highest BCUT2D eigenvalue weighted by atomic mass is 16.3. The van der Waals surface area contributed by atoms with Gasteiger partial charge in [-0.25, -0.2) is 0 Å². The summed E-state index contributed by atoms with van der Waals surface area (Å²) in [6, 6.07) is 1.09. The molecule has 96 valence electrons. The highest BCUT2D eigenvalue weighted by Gasteiger charge is 2.34. The fourth-order valence-electron chi connectivity index (χ4n) is 3.01. The molecule has 0 bridgehead atoms. The van der Waals surface area contributed by atoms with Crippen LogP contribution < -0.4 is 5.32 Å². The van der Waals surface area contributed by atoms with Gasteiger partial charge in [0.15, 0.2) is 0 Å². The zero-order chi connectivity index (χ0) is 12.2. The van der Waals surface area contributed by atoms with Crippen LogP contribution in [0.2, 0.25) is 0 Å². The molecule has 0 aromatic rings. The molecule has 0 radical (unpaired) electrons. The lowest BCUT2D eigenvalue weighted by molar-refractivity contribution is 0.120. The van der Waals surface area contributed by atoms with Crippen LogP contribution in [-0.4, -0.2) is 23.8 Å². The first-order valence-corrected chi connectivity index (χ1v) is 6.82. The Kier molecular flexibility index (Phi) is 5.26. The van der Waals surface area contributed by atoms with E-state index in [1.807, 2.05) is 0 Å². The van der Waals surface area contributed by atoms with E-state index in [1.165, 1.54) is 25.7 Å². The normalized spacial score (nSPS) is 29.1. The summed E-state index contributed by atoms with van der Waals surface area (Å²) >= 11 is 0. The molecule has 0 aromatic heterocycles. The van der Waals surface area contributed by atoms with E-state index >= 15 is 0 Å². The Labute approximate surface area is 101 Å². The predicted octanol–water partition coefficient (Wildman–Crippen LogP) is 2.95. The van der Waals surface area contributed by atoms with Crippen LogP contribution in [0.25, 0.3) is 0 Å². The van der Waals surface area contributed by atoms with Crippen LogP contribution in [0.15, 0.2) is 0 Å². The van der Waals surface area contributed by atoms with Crippen LogP contribution in [-0.2, 0) is 0 Å².